The van der Waals surface area contributed by atoms with Gasteiger partial charge < -0.3 is 10.1 Å². The summed E-state index contributed by atoms with van der Waals surface area (Å²) in [7, 11) is 0. The zero-order chi connectivity index (χ0) is 9.94. The Morgan fingerprint density at radius 3 is 2.85 bits per heavy atom. The van der Waals surface area contributed by atoms with E-state index in [0.717, 1.165) is 31.7 Å². The fourth-order valence-corrected chi connectivity index (χ4v) is 0.792. The molecule has 0 amide bonds. The zero-order valence-corrected chi connectivity index (χ0v) is 8.65. The van der Waals surface area contributed by atoms with Gasteiger partial charge in [0.15, 0.2) is 0 Å². The van der Waals surface area contributed by atoms with Crippen molar-refractivity contribution in [2.45, 2.75) is 20.3 Å². The Labute approximate surface area is 81.4 Å². The van der Waals surface area contributed by atoms with E-state index in [1.165, 1.54) is 0 Å². The molecule has 1 N–H and O–H groups in total. The highest BCUT2D eigenvalue weighted by Crippen LogP contribution is 1.86. The van der Waals surface area contributed by atoms with Crippen LogP contribution in [0.3, 0.4) is 0 Å². The van der Waals surface area contributed by atoms with Gasteiger partial charge >= 0.3 is 0 Å². The van der Waals surface area contributed by atoms with Gasteiger partial charge in [-0.3, -0.25) is 0 Å². The predicted octanol–water partition coefficient (Wildman–Crippen LogP) is 1.58. The van der Waals surface area contributed by atoms with Crippen LogP contribution in [0, 0.1) is 11.8 Å². The fourth-order valence-electron chi connectivity index (χ4n) is 0.792. The van der Waals surface area contributed by atoms with Crippen molar-refractivity contribution in [2.75, 3.05) is 26.3 Å². The van der Waals surface area contributed by atoms with Gasteiger partial charge in [-0.25, -0.2) is 0 Å². The molecule has 0 aliphatic carbocycles. The van der Waals surface area contributed by atoms with Gasteiger partial charge in [0.05, 0.1) is 13.2 Å². The molecule has 0 aliphatic rings. The first-order chi connectivity index (χ1) is 6.27. The molecule has 0 aromatic heterocycles. The highest BCUT2D eigenvalue weighted by molar-refractivity contribution is 4.95. The molecule has 0 fully saturated rings. The minimum absolute atomic E-state index is 0.663. The molecule has 0 saturated carbocycles. The van der Waals surface area contributed by atoms with E-state index in [1.807, 2.05) is 13.8 Å². The first kappa shape index (κ1) is 12.2. The van der Waals surface area contributed by atoms with E-state index in [9.17, 15) is 0 Å². The van der Waals surface area contributed by atoms with Gasteiger partial charge in [-0.1, -0.05) is 12.2 Å². The van der Waals surface area contributed by atoms with Crippen LogP contribution in [0.4, 0.5) is 0 Å². The van der Waals surface area contributed by atoms with Gasteiger partial charge in [-0.15, -0.1) is 11.8 Å². The Balaban J connectivity index is 2.98. The van der Waals surface area contributed by atoms with Gasteiger partial charge in [0.2, 0.25) is 0 Å². The standard InChI is InChI=1S/C11H19NO/c1-4-5-6-7-12-8-9-13-10-11(2)3/h12H,2,6-10H2,1,3H3. The van der Waals surface area contributed by atoms with Gasteiger partial charge in [0.25, 0.3) is 0 Å². The van der Waals surface area contributed by atoms with Crippen molar-refractivity contribution in [3.63, 3.8) is 0 Å². The number of rotatable bonds is 7. The number of hydrogen-bond donors (Lipinski definition) is 1. The lowest BCUT2D eigenvalue weighted by Gasteiger charge is -2.03. The van der Waals surface area contributed by atoms with Gasteiger partial charge in [0, 0.05) is 19.5 Å². The smallest absolute Gasteiger partial charge is 0.0672 e. The molecule has 0 aliphatic heterocycles. The maximum atomic E-state index is 5.30. The normalized spacial score (nSPS) is 9.08. The molecule has 0 unspecified atom stereocenters. The Kier molecular flexibility index (Phi) is 8.75. The van der Waals surface area contributed by atoms with Crippen molar-refractivity contribution in [2.24, 2.45) is 0 Å². The van der Waals surface area contributed by atoms with E-state index in [0.29, 0.717) is 6.61 Å². The van der Waals surface area contributed by atoms with Crippen LogP contribution < -0.4 is 5.32 Å². The van der Waals surface area contributed by atoms with E-state index < -0.39 is 0 Å². The minimum Gasteiger partial charge on any atom is -0.376 e. The molecule has 0 atom stereocenters. The second kappa shape index (κ2) is 9.31. The third kappa shape index (κ3) is 11.2. The second-order valence-electron chi connectivity index (χ2n) is 2.94. The Morgan fingerprint density at radius 1 is 1.46 bits per heavy atom. The predicted molar refractivity (Wildman–Crippen MR) is 56.6 cm³/mol. The molecule has 13 heavy (non-hydrogen) atoms. The summed E-state index contributed by atoms with van der Waals surface area (Å²) in [5.74, 6) is 5.84. The lowest BCUT2D eigenvalue weighted by atomic mass is 10.4. The summed E-state index contributed by atoms with van der Waals surface area (Å²) in [5.41, 5.74) is 1.07. The Hall–Kier alpha value is -0.780. The molecule has 0 bridgehead atoms. The SMILES string of the molecule is C=C(C)COCCNCCC#CC. The van der Waals surface area contributed by atoms with E-state index in [1.54, 1.807) is 0 Å². The average Bonchev–Trinajstić information content (AvgIpc) is 2.09. The van der Waals surface area contributed by atoms with Crippen molar-refractivity contribution in [1.29, 1.82) is 0 Å². The van der Waals surface area contributed by atoms with Gasteiger partial charge in [-0.05, 0) is 13.8 Å². The zero-order valence-electron chi connectivity index (χ0n) is 8.65. The van der Waals surface area contributed by atoms with Crippen LogP contribution in [0.2, 0.25) is 0 Å². The fraction of sp³-hybridized carbons (Fsp3) is 0.636. The lowest BCUT2D eigenvalue weighted by Crippen LogP contribution is -2.20. The lowest BCUT2D eigenvalue weighted by molar-refractivity contribution is 0.158. The largest absolute Gasteiger partial charge is 0.376 e. The third-order valence-electron chi connectivity index (χ3n) is 1.38. The van der Waals surface area contributed by atoms with Crippen LogP contribution in [0.25, 0.3) is 0 Å². The van der Waals surface area contributed by atoms with Gasteiger partial charge in [-0.2, -0.15) is 0 Å². The first-order valence-corrected chi connectivity index (χ1v) is 4.60. The van der Waals surface area contributed by atoms with Crippen LogP contribution in [0.5, 0.6) is 0 Å². The van der Waals surface area contributed by atoms with Crippen LogP contribution >= 0.6 is 0 Å². The van der Waals surface area contributed by atoms with Crippen molar-refractivity contribution >= 4 is 0 Å². The highest BCUT2D eigenvalue weighted by atomic mass is 16.5. The molecule has 74 valence electrons. The van der Waals surface area contributed by atoms with Crippen LogP contribution in [-0.2, 0) is 4.74 Å². The van der Waals surface area contributed by atoms with Crippen LogP contribution in [0.15, 0.2) is 12.2 Å². The summed E-state index contributed by atoms with van der Waals surface area (Å²) >= 11 is 0. The summed E-state index contributed by atoms with van der Waals surface area (Å²) in [6.07, 6.45) is 0.914. The minimum atomic E-state index is 0.663. The molecule has 0 saturated heterocycles. The van der Waals surface area contributed by atoms with Crippen molar-refractivity contribution < 1.29 is 4.74 Å². The Morgan fingerprint density at radius 2 is 2.23 bits per heavy atom. The van der Waals surface area contributed by atoms with Crippen molar-refractivity contribution in [3.8, 4) is 11.8 Å². The molecule has 0 aromatic carbocycles. The summed E-state index contributed by atoms with van der Waals surface area (Å²) in [6.45, 7) is 10.8. The van der Waals surface area contributed by atoms with Gasteiger partial charge in [0.1, 0.15) is 0 Å². The van der Waals surface area contributed by atoms with E-state index >= 15 is 0 Å². The summed E-state index contributed by atoms with van der Waals surface area (Å²) in [4.78, 5) is 0. The molecule has 2 heteroatoms. The number of ether oxygens (including phenoxy) is 1. The first-order valence-electron chi connectivity index (χ1n) is 4.60. The summed E-state index contributed by atoms with van der Waals surface area (Å²) < 4.78 is 5.30. The quantitative estimate of drug-likeness (QED) is 0.366. The van der Waals surface area contributed by atoms with Crippen LogP contribution in [0.1, 0.15) is 20.3 Å². The highest BCUT2D eigenvalue weighted by Gasteiger charge is 1.88. The second-order valence-corrected chi connectivity index (χ2v) is 2.94. The molecular weight excluding hydrogens is 162 g/mol. The van der Waals surface area contributed by atoms with Crippen molar-refractivity contribution in [3.05, 3.63) is 12.2 Å². The van der Waals surface area contributed by atoms with E-state index in [-0.39, 0.29) is 0 Å². The number of hydrogen-bond acceptors (Lipinski definition) is 2. The average molecular weight is 181 g/mol. The maximum Gasteiger partial charge on any atom is 0.0672 e. The van der Waals surface area contributed by atoms with E-state index in [2.05, 4.69) is 23.7 Å². The van der Waals surface area contributed by atoms with Crippen molar-refractivity contribution in [1.82, 2.24) is 5.32 Å². The Bertz CT molecular complexity index is 188. The molecule has 0 spiro atoms. The third-order valence-corrected chi connectivity index (χ3v) is 1.38. The topological polar surface area (TPSA) is 21.3 Å². The van der Waals surface area contributed by atoms with E-state index in [4.69, 9.17) is 4.74 Å². The molecule has 0 radical (unpaired) electrons. The monoisotopic (exact) mass is 181 g/mol. The number of nitrogens with one attached hydrogen (secondary N) is 1. The molecular formula is C11H19NO. The molecule has 2 nitrogen and oxygen atoms in total. The molecule has 0 aromatic rings. The summed E-state index contributed by atoms with van der Waals surface area (Å²) in [5, 5.41) is 3.24. The summed E-state index contributed by atoms with van der Waals surface area (Å²) in [6, 6.07) is 0. The molecule has 0 heterocycles. The maximum absolute atomic E-state index is 5.30. The van der Waals surface area contributed by atoms with Crippen LogP contribution in [-0.4, -0.2) is 26.3 Å². The molecule has 0 rings (SSSR count).